The third-order valence-electron chi connectivity index (χ3n) is 4.39. The first-order valence-electron chi connectivity index (χ1n) is 8.58. The molecule has 2 aromatic carbocycles. The molecule has 27 heavy (non-hydrogen) atoms. The molecule has 0 saturated heterocycles. The zero-order valence-corrected chi connectivity index (χ0v) is 15.9. The summed E-state index contributed by atoms with van der Waals surface area (Å²) >= 11 is 12.4. The van der Waals surface area contributed by atoms with Crippen molar-refractivity contribution in [2.45, 2.75) is 26.0 Å². The predicted octanol–water partition coefficient (Wildman–Crippen LogP) is 4.67. The zero-order valence-electron chi connectivity index (χ0n) is 14.4. The summed E-state index contributed by atoms with van der Waals surface area (Å²) in [5.74, 6) is 1.59. The molecule has 0 aliphatic carbocycles. The van der Waals surface area contributed by atoms with Gasteiger partial charge in [0.25, 0.3) is 0 Å². The summed E-state index contributed by atoms with van der Waals surface area (Å²) in [6.45, 7) is 1.22. The lowest BCUT2D eigenvalue weighted by Crippen LogP contribution is -2.00. The Bertz CT molecular complexity index is 1030. The van der Waals surface area contributed by atoms with Crippen LogP contribution in [0, 0.1) is 0 Å². The fraction of sp³-hybridized carbons (Fsp3) is 0.211. The summed E-state index contributed by atoms with van der Waals surface area (Å²) in [6.07, 6.45) is 3.84. The van der Waals surface area contributed by atoms with Crippen molar-refractivity contribution in [2.75, 3.05) is 0 Å². The van der Waals surface area contributed by atoms with E-state index < -0.39 is 0 Å². The number of nitrogens with zero attached hydrogens (tertiary/aromatic N) is 4. The molecule has 0 saturated carbocycles. The first-order chi connectivity index (χ1) is 13.2. The first kappa shape index (κ1) is 17.8. The lowest BCUT2D eigenvalue weighted by atomic mass is 10.2. The van der Waals surface area contributed by atoms with Gasteiger partial charge in [-0.1, -0.05) is 29.3 Å². The molecule has 2 heterocycles. The molecule has 0 bridgehead atoms. The lowest BCUT2D eigenvalue weighted by Gasteiger charge is -2.10. The van der Waals surface area contributed by atoms with E-state index in [1.807, 2.05) is 30.3 Å². The van der Waals surface area contributed by atoms with Crippen molar-refractivity contribution in [3.05, 3.63) is 70.1 Å². The molecule has 0 radical (unpaired) electrons. The van der Waals surface area contributed by atoms with Gasteiger partial charge in [0.1, 0.15) is 18.2 Å². The van der Waals surface area contributed by atoms with Crippen LogP contribution in [0.4, 0.5) is 0 Å². The monoisotopic (exact) mass is 401 g/mol. The number of aromatic nitrogens is 5. The quantitative estimate of drug-likeness (QED) is 0.488. The van der Waals surface area contributed by atoms with Crippen molar-refractivity contribution < 1.29 is 4.74 Å². The number of ether oxygens (including phenoxy) is 1. The average molecular weight is 402 g/mol. The first-order valence-corrected chi connectivity index (χ1v) is 9.33. The van der Waals surface area contributed by atoms with Gasteiger partial charge in [0, 0.05) is 45.7 Å². The second-order valence-corrected chi connectivity index (χ2v) is 6.98. The van der Waals surface area contributed by atoms with Gasteiger partial charge in [0.15, 0.2) is 0 Å². The van der Waals surface area contributed by atoms with Crippen molar-refractivity contribution in [1.29, 1.82) is 0 Å². The summed E-state index contributed by atoms with van der Waals surface area (Å²) in [4.78, 5) is 0. The smallest absolute Gasteiger partial charge is 0.148 e. The molecular weight excluding hydrogens is 385 g/mol. The molecule has 8 heteroatoms. The third kappa shape index (κ3) is 4.07. The number of tetrazole rings is 1. The Hall–Kier alpha value is -2.57. The molecule has 0 aliphatic rings. The molecule has 6 nitrogen and oxygen atoms in total. The molecular formula is C19H17Cl2N5O. The number of nitrogens with one attached hydrogen (secondary N) is 1. The van der Waals surface area contributed by atoms with Crippen molar-refractivity contribution in [1.82, 2.24) is 25.2 Å². The number of aryl methyl sites for hydroxylation is 2. The van der Waals surface area contributed by atoms with Gasteiger partial charge in [-0.05, 0) is 53.2 Å². The van der Waals surface area contributed by atoms with Gasteiger partial charge in [-0.3, -0.25) is 0 Å². The Labute approximate surface area is 166 Å². The van der Waals surface area contributed by atoms with Crippen molar-refractivity contribution in [3.63, 3.8) is 0 Å². The van der Waals surface area contributed by atoms with Crippen LogP contribution in [0.3, 0.4) is 0 Å². The van der Waals surface area contributed by atoms with Crippen LogP contribution in [0.15, 0.2) is 48.7 Å². The number of hydrogen-bond acceptors (Lipinski definition) is 4. The van der Waals surface area contributed by atoms with Crippen molar-refractivity contribution in [2.24, 2.45) is 0 Å². The van der Waals surface area contributed by atoms with E-state index >= 15 is 0 Å². The van der Waals surface area contributed by atoms with Gasteiger partial charge >= 0.3 is 0 Å². The van der Waals surface area contributed by atoms with Crippen LogP contribution in [0.1, 0.15) is 17.8 Å². The third-order valence-corrected chi connectivity index (χ3v) is 5.10. The van der Waals surface area contributed by atoms with Crippen LogP contribution in [-0.4, -0.2) is 25.2 Å². The summed E-state index contributed by atoms with van der Waals surface area (Å²) in [7, 11) is 0. The summed E-state index contributed by atoms with van der Waals surface area (Å²) < 4.78 is 8.11. The normalized spacial score (nSPS) is 11.2. The SMILES string of the molecule is Clc1cccc(Cl)c1COc1ccc2c(ccn2CCCc2nnn[nH]2)c1. The molecule has 0 aliphatic heterocycles. The maximum atomic E-state index is 6.20. The number of hydrogen-bond donors (Lipinski definition) is 1. The average Bonchev–Trinajstić information content (AvgIpc) is 3.31. The minimum atomic E-state index is 0.329. The van der Waals surface area contributed by atoms with Crippen LogP contribution < -0.4 is 4.74 Å². The van der Waals surface area contributed by atoms with Gasteiger partial charge in [-0.2, -0.15) is 0 Å². The van der Waals surface area contributed by atoms with Crippen LogP contribution in [-0.2, 0) is 19.6 Å². The fourth-order valence-corrected chi connectivity index (χ4v) is 3.50. The minimum absolute atomic E-state index is 0.329. The number of H-pyrrole nitrogens is 1. The Morgan fingerprint density at radius 2 is 1.93 bits per heavy atom. The predicted molar refractivity (Wildman–Crippen MR) is 105 cm³/mol. The molecule has 0 fully saturated rings. The lowest BCUT2D eigenvalue weighted by molar-refractivity contribution is 0.307. The second-order valence-electron chi connectivity index (χ2n) is 6.17. The van der Waals surface area contributed by atoms with Gasteiger partial charge < -0.3 is 9.30 Å². The van der Waals surface area contributed by atoms with Crippen LogP contribution in [0.5, 0.6) is 5.75 Å². The number of rotatable bonds is 7. The highest BCUT2D eigenvalue weighted by Gasteiger charge is 2.08. The zero-order chi connectivity index (χ0) is 18.6. The fourth-order valence-electron chi connectivity index (χ4n) is 2.99. The van der Waals surface area contributed by atoms with Crippen LogP contribution in [0.2, 0.25) is 10.0 Å². The van der Waals surface area contributed by atoms with E-state index in [-0.39, 0.29) is 0 Å². The van der Waals surface area contributed by atoms with Gasteiger partial charge in [-0.25, -0.2) is 5.10 Å². The van der Waals surface area contributed by atoms with E-state index in [0.29, 0.717) is 16.7 Å². The Balaban J connectivity index is 1.42. The Morgan fingerprint density at radius 3 is 2.70 bits per heavy atom. The highest BCUT2D eigenvalue weighted by atomic mass is 35.5. The number of halogens is 2. The maximum absolute atomic E-state index is 6.20. The van der Waals surface area contributed by atoms with Crippen molar-refractivity contribution >= 4 is 34.1 Å². The Morgan fingerprint density at radius 1 is 1.07 bits per heavy atom. The molecule has 138 valence electrons. The molecule has 0 spiro atoms. The summed E-state index contributed by atoms with van der Waals surface area (Å²) in [5, 5.41) is 16.2. The number of aromatic amines is 1. The molecule has 4 aromatic rings. The topological polar surface area (TPSA) is 68.6 Å². The molecule has 0 atom stereocenters. The van der Waals surface area contributed by atoms with Gasteiger partial charge in [-0.15, -0.1) is 5.10 Å². The van der Waals surface area contributed by atoms with Gasteiger partial charge in [0.05, 0.1) is 0 Å². The number of fused-ring (bicyclic) bond motifs is 1. The molecule has 1 N–H and O–H groups in total. The highest BCUT2D eigenvalue weighted by Crippen LogP contribution is 2.27. The molecule has 0 amide bonds. The number of benzene rings is 2. The molecule has 4 rings (SSSR count). The van der Waals surface area contributed by atoms with E-state index in [4.69, 9.17) is 27.9 Å². The minimum Gasteiger partial charge on any atom is -0.489 e. The second kappa shape index (κ2) is 7.98. The maximum Gasteiger partial charge on any atom is 0.148 e. The van der Waals surface area contributed by atoms with Crippen molar-refractivity contribution in [3.8, 4) is 5.75 Å². The van der Waals surface area contributed by atoms with E-state index in [0.717, 1.165) is 47.4 Å². The van der Waals surface area contributed by atoms with Crippen LogP contribution >= 0.6 is 23.2 Å². The van der Waals surface area contributed by atoms with Crippen LogP contribution in [0.25, 0.3) is 10.9 Å². The summed E-state index contributed by atoms with van der Waals surface area (Å²) in [6, 6.07) is 13.6. The van der Waals surface area contributed by atoms with E-state index in [1.165, 1.54) is 0 Å². The molecule has 2 aromatic heterocycles. The Kier molecular flexibility index (Phi) is 5.27. The van der Waals surface area contributed by atoms with Gasteiger partial charge in [0.2, 0.25) is 0 Å². The van der Waals surface area contributed by atoms with E-state index in [9.17, 15) is 0 Å². The van der Waals surface area contributed by atoms with E-state index in [2.05, 4.69) is 43.5 Å². The summed E-state index contributed by atoms with van der Waals surface area (Å²) in [5.41, 5.74) is 1.95. The highest BCUT2D eigenvalue weighted by molar-refractivity contribution is 6.35. The van der Waals surface area contributed by atoms with E-state index in [1.54, 1.807) is 0 Å². The molecule has 0 unspecified atom stereocenters. The standard InChI is InChI=1S/C19H17Cl2N5O/c20-16-3-1-4-17(21)15(16)12-27-14-6-7-18-13(11-14)8-10-26(18)9-2-5-19-22-24-25-23-19/h1,3-4,6-8,10-11H,2,5,9,12H2,(H,22,23,24,25). The largest absolute Gasteiger partial charge is 0.489 e.